The minimum absolute atomic E-state index is 0.545. The Labute approximate surface area is 85.4 Å². The summed E-state index contributed by atoms with van der Waals surface area (Å²) in [5, 5.41) is 10.3. The summed E-state index contributed by atoms with van der Waals surface area (Å²) in [5.74, 6) is 0. The molecule has 0 unspecified atom stereocenters. The Bertz CT molecular complexity index is 290. The lowest BCUT2D eigenvalue weighted by molar-refractivity contribution is 0.0430. The summed E-state index contributed by atoms with van der Waals surface area (Å²) >= 11 is 0. The number of benzene rings is 1. The van der Waals surface area contributed by atoms with Gasteiger partial charge in [0.05, 0.1) is 5.60 Å². The summed E-state index contributed by atoms with van der Waals surface area (Å²) in [7, 11) is 0. The van der Waals surface area contributed by atoms with Crippen LogP contribution in [0, 0.1) is 0 Å². The highest BCUT2D eigenvalue weighted by molar-refractivity contribution is 5.23. The van der Waals surface area contributed by atoms with Gasteiger partial charge in [-0.3, -0.25) is 0 Å². The van der Waals surface area contributed by atoms with E-state index in [0.29, 0.717) is 12.8 Å². The van der Waals surface area contributed by atoms with Crippen molar-refractivity contribution in [3.05, 3.63) is 61.2 Å². The smallest absolute Gasteiger partial charge is 0.0964 e. The van der Waals surface area contributed by atoms with Gasteiger partial charge in [-0.25, -0.2) is 0 Å². The van der Waals surface area contributed by atoms with Crippen LogP contribution in [-0.2, 0) is 5.60 Å². The molecule has 0 atom stereocenters. The Morgan fingerprint density at radius 2 is 1.57 bits per heavy atom. The van der Waals surface area contributed by atoms with E-state index in [-0.39, 0.29) is 0 Å². The minimum Gasteiger partial charge on any atom is -0.385 e. The average molecular weight is 188 g/mol. The predicted octanol–water partition coefficient (Wildman–Crippen LogP) is 3.03. The van der Waals surface area contributed by atoms with E-state index in [1.54, 1.807) is 12.2 Å². The van der Waals surface area contributed by atoms with Crippen LogP contribution in [-0.4, -0.2) is 5.11 Å². The third-order valence-corrected chi connectivity index (χ3v) is 2.28. The highest BCUT2D eigenvalue weighted by Crippen LogP contribution is 2.29. The zero-order chi connectivity index (χ0) is 10.4. The maximum atomic E-state index is 10.3. The Kier molecular flexibility index (Phi) is 3.66. The molecule has 1 heteroatoms. The van der Waals surface area contributed by atoms with Crippen molar-refractivity contribution in [1.29, 1.82) is 0 Å². The highest BCUT2D eigenvalue weighted by Gasteiger charge is 2.25. The van der Waals surface area contributed by atoms with Crippen LogP contribution in [0.2, 0.25) is 0 Å². The summed E-state index contributed by atoms with van der Waals surface area (Å²) in [6.07, 6.45) is 4.55. The van der Waals surface area contributed by atoms with E-state index in [1.165, 1.54) is 0 Å². The molecule has 0 aliphatic heterocycles. The van der Waals surface area contributed by atoms with Crippen molar-refractivity contribution in [2.75, 3.05) is 0 Å². The van der Waals surface area contributed by atoms with Gasteiger partial charge in [0.2, 0.25) is 0 Å². The maximum Gasteiger partial charge on any atom is 0.0964 e. The quantitative estimate of drug-likeness (QED) is 0.704. The van der Waals surface area contributed by atoms with Crippen molar-refractivity contribution >= 4 is 0 Å². The van der Waals surface area contributed by atoms with Crippen molar-refractivity contribution in [2.45, 2.75) is 18.4 Å². The molecule has 74 valence electrons. The predicted molar refractivity (Wildman–Crippen MR) is 60.0 cm³/mol. The van der Waals surface area contributed by atoms with Crippen molar-refractivity contribution in [3.8, 4) is 0 Å². The third kappa shape index (κ3) is 2.33. The number of hydrogen-bond donors (Lipinski definition) is 1. The lowest BCUT2D eigenvalue weighted by Gasteiger charge is -2.26. The first-order valence-electron chi connectivity index (χ1n) is 4.72. The maximum absolute atomic E-state index is 10.3. The van der Waals surface area contributed by atoms with Crippen LogP contribution in [0.1, 0.15) is 18.4 Å². The molecule has 1 aromatic carbocycles. The average Bonchev–Trinajstić information content (AvgIpc) is 2.20. The summed E-state index contributed by atoms with van der Waals surface area (Å²) < 4.78 is 0. The standard InChI is InChI=1S/C13H16O/c1-3-10-13(14,11-4-2)12-8-6-5-7-9-12/h3-9,14H,1-2,10-11H2. The fraction of sp³-hybridized carbons (Fsp3) is 0.231. The SMILES string of the molecule is C=CCC(O)(CC=C)c1ccccc1. The van der Waals surface area contributed by atoms with E-state index in [2.05, 4.69) is 13.2 Å². The Balaban J connectivity index is 2.98. The van der Waals surface area contributed by atoms with Gasteiger partial charge in [0.1, 0.15) is 0 Å². The Morgan fingerprint density at radius 3 is 2.00 bits per heavy atom. The number of aliphatic hydroxyl groups is 1. The van der Waals surface area contributed by atoms with Gasteiger partial charge in [-0.05, 0) is 18.4 Å². The van der Waals surface area contributed by atoms with Gasteiger partial charge in [0.15, 0.2) is 0 Å². The lowest BCUT2D eigenvalue weighted by atomic mass is 9.87. The molecule has 0 saturated carbocycles. The molecule has 0 aliphatic rings. The molecule has 0 aliphatic carbocycles. The number of hydrogen-bond acceptors (Lipinski definition) is 1. The summed E-state index contributed by atoms with van der Waals surface area (Å²) in [6.45, 7) is 7.32. The van der Waals surface area contributed by atoms with Gasteiger partial charge < -0.3 is 5.11 Å². The first-order valence-corrected chi connectivity index (χ1v) is 4.72. The van der Waals surface area contributed by atoms with Gasteiger partial charge >= 0.3 is 0 Å². The largest absolute Gasteiger partial charge is 0.385 e. The molecule has 0 saturated heterocycles. The van der Waals surface area contributed by atoms with Crippen LogP contribution in [0.3, 0.4) is 0 Å². The van der Waals surface area contributed by atoms with Crippen LogP contribution in [0.5, 0.6) is 0 Å². The molecule has 0 heterocycles. The Morgan fingerprint density at radius 1 is 1.07 bits per heavy atom. The first kappa shape index (κ1) is 10.7. The van der Waals surface area contributed by atoms with Crippen LogP contribution >= 0.6 is 0 Å². The fourth-order valence-corrected chi connectivity index (χ4v) is 1.54. The molecule has 1 rings (SSSR count). The van der Waals surface area contributed by atoms with Crippen LogP contribution in [0.15, 0.2) is 55.6 Å². The molecule has 1 aromatic rings. The summed E-state index contributed by atoms with van der Waals surface area (Å²) in [4.78, 5) is 0. The third-order valence-electron chi connectivity index (χ3n) is 2.28. The zero-order valence-corrected chi connectivity index (χ0v) is 8.32. The molecular weight excluding hydrogens is 172 g/mol. The highest BCUT2D eigenvalue weighted by atomic mass is 16.3. The summed E-state index contributed by atoms with van der Waals surface area (Å²) in [6, 6.07) is 9.63. The number of rotatable bonds is 5. The lowest BCUT2D eigenvalue weighted by Crippen LogP contribution is -2.23. The van der Waals surface area contributed by atoms with Crippen LogP contribution < -0.4 is 0 Å². The van der Waals surface area contributed by atoms with Crippen molar-refractivity contribution in [1.82, 2.24) is 0 Å². The molecule has 0 amide bonds. The van der Waals surface area contributed by atoms with E-state index in [4.69, 9.17) is 0 Å². The second kappa shape index (κ2) is 4.77. The van der Waals surface area contributed by atoms with Crippen molar-refractivity contribution in [2.24, 2.45) is 0 Å². The molecule has 1 nitrogen and oxygen atoms in total. The second-order valence-electron chi connectivity index (χ2n) is 3.38. The topological polar surface area (TPSA) is 20.2 Å². The monoisotopic (exact) mass is 188 g/mol. The molecule has 1 N–H and O–H groups in total. The normalized spacial score (nSPS) is 10.9. The van der Waals surface area contributed by atoms with E-state index in [1.807, 2.05) is 30.3 Å². The van der Waals surface area contributed by atoms with E-state index >= 15 is 0 Å². The van der Waals surface area contributed by atoms with Crippen LogP contribution in [0.25, 0.3) is 0 Å². The second-order valence-corrected chi connectivity index (χ2v) is 3.38. The summed E-state index contributed by atoms with van der Waals surface area (Å²) in [5.41, 5.74) is 0.0740. The van der Waals surface area contributed by atoms with E-state index in [9.17, 15) is 5.11 Å². The molecule has 0 aromatic heterocycles. The van der Waals surface area contributed by atoms with E-state index in [0.717, 1.165) is 5.56 Å². The van der Waals surface area contributed by atoms with E-state index < -0.39 is 5.60 Å². The fourth-order valence-electron chi connectivity index (χ4n) is 1.54. The molecule has 0 radical (unpaired) electrons. The molecule has 0 fully saturated rings. The molecule has 0 spiro atoms. The minimum atomic E-state index is -0.842. The van der Waals surface area contributed by atoms with Crippen LogP contribution in [0.4, 0.5) is 0 Å². The van der Waals surface area contributed by atoms with Gasteiger partial charge in [0.25, 0.3) is 0 Å². The first-order chi connectivity index (χ1) is 6.73. The molecule has 14 heavy (non-hydrogen) atoms. The van der Waals surface area contributed by atoms with Gasteiger partial charge in [-0.1, -0.05) is 42.5 Å². The van der Waals surface area contributed by atoms with Gasteiger partial charge in [0, 0.05) is 0 Å². The van der Waals surface area contributed by atoms with Crippen molar-refractivity contribution in [3.63, 3.8) is 0 Å². The van der Waals surface area contributed by atoms with Gasteiger partial charge in [-0.2, -0.15) is 0 Å². The van der Waals surface area contributed by atoms with Crippen molar-refractivity contribution < 1.29 is 5.11 Å². The zero-order valence-electron chi connectivity index (χ0n) is 8.32. The molecular formula is C13H16O. The van der Waals surface area contributed by atoms with Gasteiger partial charge in [-0.15, -0.1) is 13.2 Å². The molecule has 0 bridgehead atoms. The Hall–Kier alpha value is -1.34.